The number of hydrogen-bond donors (Lipinski definition) is 0. The van der Waals surface area contributed by atoms with Gasteiger partial charge in [-0.3, -0.25) is 14.8 Å². The molecule has 100 valence electrons. The molecular formula is C13H13NO5. The van der Waals surface area contributed by atoms with Crippen molar-refractivity contribution in [2.24, 2.45) is 0 Å². The molecule has 0 aliphatic carbocycles. The van der Waals surface area contributed by atoms with Crippen LogP contribution in [-0.4, -0.2) is 35.1 Å². The summed E-state index contributed by atoms with van der Waals surface area (Å²) in [5, 5.41) is 11.5. The largest absolute Gasteiger partial charge is 0.464 e. The van der Waals surface area contributed by atoms with E-state index in [1.807, 2.05) is 0 Å². The molecular weight excluding hydrogens is 250 g/mol. The van der Waals surface area contributed by atoms with Crippen LogP contribution in [0.1, 0.15) is 23.7 Å². The monoisotopic (exact) mass is 263 g/mol. The Bertz CT molecular complexity index is 523. The molecule has 1 aromatic carbocycles. The molecule has 0 N–H and O–H groups in total. The van der Waals surface area contributed by atoms with Crippen LogP contribution in [0.2, 0.25) is 0 Å². The molecule has 1 aliphatic rings. The molecule has 1 aliphatic heterocycles. The molecule has 0 fully saturated rings. The number of nitrogens with zero attached hydrogens (tertiary/aromatic N) is 1. The van der Waals surface area contributed by atoms with E-state index in [0.29, 0.717) is 5.56 Å². The lowest BCUT2D eigenvalue weighted by Crippen LogP contribution is -2.20. The van der Waals surface area contributed by atoms with Crippen molar-refractivity contribution in [2.75, 3.05) is 6.61 Å². The molecule has 6 nitrogen and oxygen atoms in total. The summed E-state index contributed by atoms with van der Waals surface area (Å²) in [5.41, 5.74) is 0.443. The lowest BCUT2D eigenvalue weighted by atomic mass is 10.0. The van der Waals surface area contributed by atoms with Gasteiger partial charge in [-0.25, -0.2) is 0 Å². The Hall–Kier alpha value is -2.37. The van der Waals surface area contributed by atoms with E-state index in [1.165, 1.54) is 6.92 Å². The highest BCUT2D eigenvalue weighted by molar-refractivity contribution is 6.44. The summed E-state index contributed by atoms with van der Waals surface area (Å²) in [6, 6.07) is 8.47. The summed E-state index contributed by atoms with van der Waals surface area (Å²) < 4.78 is 4.75. The topological polar surface area (TPSA) is 78.7 Å². The van der Waals surface area contributed by atoms with Crippen LogP contribution >= 0.6 is 0 Å². The van der Waals surface area contributed by atoms with E-state index in [9.17, 15) is 14.8 Å². The number of carbonyl (C=O) groups is 2. The van der Waals surface area contributed by atoms with Crippen molar-refractivity contribution < 1.29 is 24.1 Å². The summed E-state index contributed by atoms with van der Waals surface area (Å²) in [6.07, 6.45) is -0.478. The van der Waals surface area contributed by atoms with Crippen LogP contribution in [0.3, 0.4) is 0 Å². The molecule has 0 saturated heterocycles. The normalized spacial score (nSPS) is 18.1. The van der Waals surface area contributed by atoms with E-state index in [2.05, 4.69) is 0 Å². The first-order chi connectivity index (χ1) is 9.08. The molecule has 1 aromatic rings. The Morgan fingerprint density at radius 3 is 2.74 bits per heavy atom. The fourth-order valence-corrected chi connectivity index (χ4v) is 1.76. The van der Waals surface area contributed by atoms with Crippen molar-refractivity contribution >= 4 is 17.5 Å². The van der Waals surface area contributed by atoms with Crippen LogP contribution in [0.15, 0.2) is 30.3 Å². The molecule has 0 radical (unpaired) electrons. The zero-order valence-corrected chi connectivity index (χ0v) is 10.4. The van der Waals surface area contributed by atoms with E-state index < -0.39 is 12.1 Å². The molecule has 2 rings (SSSR count). The van der Waals surface area contributed by atoms with Gasteiger partial charge in [0.05, 0.1) is 6.42 Å². The van der Waals surface area contributed by atoms with Gasteiger partial charge in [0.25, 0.3) is 11.5 Å². The van der Waals surface area contributed by atoms with Gasteiger partial charge in [-0.05, 0) is 0 Å². The van der Waals surface area contributed by atoms with Gasteiger partial charge in [-0.2, -0.15) is 0 Å². The number of hydrogen-bond acceptors (Lipinski definition) is 5. The molecule has 0 saturated carbocycles. The minimum atomic E-state index is -0.607. The summed E-state index contributed by atoms with van der Waals surface area (Å²) in [4.78, 5) is 27.9. The summed E-state index contributed by atoms with van der Waals surface area (Å²) in [6.45, 7) is 1.23. The molecule has 0 bridgehead atoms. The lowest BCUT2D eigenvalue weighted by molar-refractivity contribution is -0.740. The average molecular weight is 263 g/mol. The number of esters is 1. The Balaban J connectivity index is 2.03. The predicted molar refractivity (Wildman–Crippen MR) is 65.5 cm³/mol. The number of benzene rings is 1. The molecule has 1 unspecified atom stereocenters. The Morgan fingerprint density at radius 1 is 1.42 bits per heavy atom. The maximum Gasteiger partial charge on any atom is 0.302 e. The smallest absolute Gasteiger partial charge is 0.302 e. The third kappa shape index (κ3) is 3.09. The van der Waals surface area contributed by atoms with Crippen LogP contribution < -0.4 is 0 Å². The van der Waals surface area contributed by atoms with Crippen LogP contribution in [0, 0.1) is 5.21 Å². The first-order valence-electron chi connectivity index (χ1n) is 5.81. The van der Waals surface area contributed by atoms with Crippen LogP contribution in [0.25, 0.3) is 0 Å². The summed E-state index contributed by atoms with van der Waals surface area (Å²) in [7, 11) is 0. The lowest BCUT2D eigenvalue weighted by Gasteiger charge is -2.10. The number of ether oxygens (including phenoxy) is 1. The average Bonchev–Trinajstić information content (AvgIpc) is 2.78. The molecule has 0 aromatic heterocycles. The van der Waals surface area contributed by atoms with Gasteiger partial charge in [0.2, 0.25) is 0 Å². The second-order valence-corrected chi connectivity index (χ2v) is 4.13. The maximum atomic E-state index is 12.1. The Morgan fingerprint density at radius 2 is 2.11 bits per heavy atom. The molecule has 1 atom stereocenters. The number of ketones is 1. The highest BCUT2D eigenvalue weighted by Crippen LogP contribution is 2.14. The van der Waals surface area contributed by atoms with Crippen molar-refractivity contribution in [3.8, 4) is 0 Å². The summed E-state index contributed by atoms with van der Waals surface area (Å²) >= 11 is 0. The SMILES string of the molecule is CC(=O)OCC1CC(C(=O)c2ccccc2)=[N+]([O-])O1. The Labute approximate surface area is 109 Å². The highest BCUT2D eigenvalue weighted by Gasteiger charge is 2.34. The minimum Gasteiger partial charge on any atom is -0.464 e. The quantitative estimate of drug-likeness (QED) is 0.461. The van der Waals surface area contributed by atoms with E-state index in [1.54, 1.807) is 30.3 Å². The zero-order valence-electron chi connectivity index (χ0n) is 10.4. The van der Waals surface area contributed by atoms with Crippen molar-refractivity contribution in [3.05, 3.63) is 41.1 Å². The van der Waals surface area contributed by atoms with Crippen LogP contribution in [-0.2, 0) is 14.4 Å². The van der Waals surface area contributed by atoms with E-state index in [-0.39, 0.29) is 29.4 Å². The third-order valence-corrected chi connectivity index (χ3v) is 2.66. The molecule has 1 heterocycles. The van der Waals surface area contributed by atoms with Gasteiger partial charge in [-0.1, -0.05) is 30.3 Å². The predicted octanol–water partition coefficient (Wildman–Crippen LogP) is 1.09. The van der Waals surface area contributed by atoms with Crippen molar-refractivity contribution in [1.29, 1.82) is 0 Å². The molecule has 0 spiro atoms. The molecule has 19 heavy (non-hydrogen) atoms. The standard InChI is InChI=1S/C13H13NO5/c1-9(15)18-8-11-7-12(14(17)19-11)13(16)10-5-3-2-4-6-10/h2-6,11H,7-8H2,1H3. The van der Waals surface area contributed by atoms with Gasteiger partial charge < -0.3 is 9.57 Å². The Kier molecular flexibility index (Phi) is 3.79. The van der Waals surface area contributed by atoms with Crippen molar-refractivity contribution in [2.45, 2.75) is 19.4 Å². The van der Waals surface area contributed by atoms with E-state index in [0.717, 1.165) is 0 Å². The molecule has 6 heteroatoms. The van der Waals surface area contributed by atoms with E-state index in [4.69, 9.17) is 9.57 Å². The number of rotatable bonds is 4. The second-order valence-electron chi connectivity index (χ2n) is 4.13. The van der Waals surface area contributed by atoms with Gasteiger partial charge in [0.15, 0.2) is 0 Å². The van der Waals surface area contributed by atoms with Gasteiger partial charge in [0.1, 0.15) is 12.7 Å². The van der Waals surface area contributed by atoms with Crippen molar-refractivity contribution in [3.63, 3.8) is 0 Å². The van der Waals surface area contributed by atoms with Crippen molar-refractivity contribution in [1.82, 2.24) is 0 Å². The van der Waals surface area contributed by atoms with Crippen LogP contribution in [0.4, 0.5) is 0 Å². The van der Waals surface area contributed by atoms with Gasteiger partial charge in [0, 0.05) is 17.4 Å². The second kappa shape index (κ2) is 5.51. The maximum absolute atomic E-state index is 12.1. The van der Waals surface area contributed by atoms with Gasteiger partial charge >= 0.3 is 5.97 Å². The fraction of sp³-hybridized carbons (Fsp3) is 0.308. The number of carbonyl (C=O) groups excluding carboxylic acids is 2. The fourth-order valence-electron chi connectivity index (χ4n) is 1.76. The number of Topliss-reactive ketones (excluding diaryl/α,β-unsaturated/α-hetero) is 1. The van der Waals surface area contributed by atoms with Gasteiger partial charge in [-0.15, -0.1) is 0 Å². The minimum absolute atomic E-state index is 0.0170. The van der Waals surface area contributed by atoms with E-state index >= 15 is 0 Å². The first-order valence-corrected chi connectivity index (χ1v) is 5.81. The molecule has 0 amide bonds. The first kappa shape index (κ1) is 13.1. The zero-order chi connectivity index (χ0) is 13.8. The summed E-state index contributed by atoms with van der Waals surface area (Å²) in [5.74, 6) is -0.829. The van der Waals surface area contributed by atoms with Crippen LogP contribution in [0.5, 0.6) is 0 Å². The third-order valence-electron chi connectivity index (χ3n) is 2.66. The highest BCUT2D eigenvalue weighted by atomic mass is 16.9.